The normalized spacial score (nSPS) is 17.4. The standard InChI is InChI=1S/C14H19NO3/c1-2-17-11-5-7-12(8-6-11)18-14(13(15)16)9-3-4-10-14/h5-8H,2-4,9-10H2,1H3,(H2,15,16). The van der Waals surface area contributed by atoms with Gasteiger partial charge in [0.2, 0.25) is 0 Å². The summed E-state index contributed by atoms with van der Waals surface area (Å²) in [6.07, 6.45) is 3.38. The van der Waals surface area contributed by atoms with Crippen molar-refractivity contribution in [1.29, 1.82) is 0 Å². The Labute approximate surface area is 107 Å². The summed E-state index contributed by atoms with van der Waals surface area (Å²) in [4.78, 5) is 11.6. The Bertz CT molecular complexity index is 408. The Morgan fingerprint density at radius 1 is 1.22 bits per heavy atom. The molecule has 0 aliphatic heterocycles. The van der Waals surface area contributed by atoms with Crippen molar-refractivity contribution in [2.45, 2.75) is 38.2 Å². The van der Waals surface area contributed by atoms with Gasteiger partial charge in [-0.25, -0.2) is 0 Å². The molecule has 0 spiro atoms. The zero-order valence-electron chi connectivity index (χ0n) is 10.6. The van der Waals surface area contributed by atoms with Crippen LogP contribution < -0.4 is 15.2 Å². The van der Waals surface area contributed by atoms with E-state index in [9.17, 15) is 4.79 Å². The predicted molar refractivity (Wildman–Crippen MR) is 68.6 cm³/mol. The fraction of sp³-hybridized carbons (Fsp3) is 0.500. The summed E-state index contributed by atoms with van der Waals surface area (Å²) in [6.45, 7) is 2.57. The average Bonchev–Trinajstić information content (AvgIpc) is 2.82. The lowest BCUT2D eigenvalue weighted by Gasteiger charge is -2.26. The van der Waals surface area contributed by atoms with Crippen molar-refractivity contribution in [2.24, 2.45) is 5.73 Å². The van der Waals surface area contributed by atoms with E-state index in [1.54, 1.807) is 0 Å². The van der Waals surface area contributed by atoms with E-state index < -0.39 is 5.60 Å². The molecule has 1 aromatic carbocycles. The molecule has 0 aromatic heterocycles. The molecule has 4 nitrogen and oxygen atoms in total. The van der Waals surface area contributed by atoms with Crippen molar-refractivity contribution in [3.8, 4) is 11.5 Å². The molecule has 2 N–H and O–H groups in total. The minimum absolute atomic E-state index is 0.367. The Morgan fingerprint density at radius 2 is 1.78 bits per heavy atom. The van der Waals surface area contributed by atoms with Crippen LogP contribution in [0.3, 0.4) is 0 Å². The van der Waals surface area contributed by atoms with Gasteiger partial charge in [0.15, 0.2) is 5.60 Å². The molecule has 18 heavy (non-hydrogen) atoms. The molecule has 0 radical (unpaired) electrons. The second kappa shape index (κ2) is 5.29. The smallest absolute Gasteiger partial charge is 0.261 e. The third-order valence-corrected chi connectivity index (χ3v) is 3.31. The molecule has 0 saturated heterocycles. The Morgan fingerprint density at radius 3 is 2.28 bits per heavy atom. The fourth-order valence-electron chi connectivity index (χ4n) is 2.34. The number of primary amides is 1. The largest absolute Gasteiger partial charge is 0.494 e. The topological polar surface area (TPSA) is 61.6 Å². The van der Waals surface area contributed by atoms with Crippen LogP contribution in [-0.4, -0.2) is 18.1 Å². The van der Waals surface area contributed by atoms with E-state index in [1.807, 2.05) is 31.2 Å². The number of nitrogens with two attached hydrogens (primary N) is 1. The van der Waals surface area contributed by atoms with Crippen molar-refractivity contribution < 1.29 is 14.3 Å². The zero-order chi connectivity index (χ0) is 13.0. The van der Waals surface area contributed by atoms with Gasteiger partial charge in [0.1, 0.15) is 11.5 Å². The maximum atomic E-state index is 11.6. The van der Waals surface area contributed by atoms with Crippen molar-refractivity contribution in [2.75, 3.05) is 6.61 Å². The maximum absolute atomic E-state index is 11.6. The number of hydrogen-bond acceptors (Lipinski definition) is 3. The first-order valence-electron chi connectivity index (χ1n) is 6.38. The summed E-state index contributed by atoms with van der Waals surface area (Å²) < 4.78 is 11.2. The molecule has 4 heteroatoms. The third kappa shape index (κ3) is 2.58. The molecule has 1 aliphatic carbocycles. The maximum Gasteiger partial charge on any atom is 0.261 e. The lowest BCUT2D eigenvalue weighted by Crippen LogP contribution is -2.46. The predicted octanol–water partition coefficient (Wildman–Crippen LogP) is 2.26. The molecule has 1 saturated carbocycles. The van der Waals surface area contributed by atoms with Crippen LogP contribution in [0, 0.1) is 0 Å². The highest BCUT2D eigenvalue weighted by Gasteiger charge is 2.42. The highest BCUT2D eigenvalue weighted by molar-refractivity contribution is 5.84. The number of benzene rings is 1. The monoisotopic (exact) mass is 249 g/mol. The number of ether oxygens (including phenoxy) is 2. The first kappa shape index (κ1) is 12.7. The summed E-state index contributed by atoms with van der Waals surface area (Å²) in [6, 6.07) is 7.30. The minimum atomic E-state index is -0.812. The van der Waals surface area contributed by atoms with Gasteiger partial charge in [0, 0.05) is 0 Å². The van der Waals surface area contributed by atoms with E-state index in [0.29, 0.717) is 25.2 Å². The van der Waals surface area contributed by atoms with E-state index in [1.165, 1.54) is 0 Å². The SMILES string of the molecule is CCOc1ccc(OC2(C(N)=O)CCCC2)cc1. The molecule has 0 bridgehead atoms. The zero-order valence-corrected chi connectivity index (χ0v) is 10.6. The molecule has 1 aliphatic rings. The van der Waals surface area contributed by atoms with Crippen molar-refractivity contribution >= 4 is 5.91 Å². The summed E-state index contributed by atoms with van der Waals surface area (Å²) in [5.74, 6) is 1.09. The summed E-state index contributed by atoms with van der Waals surface area (Å²) in [5, 5.41) is 0. The van der Waals surface area contributed by atoms with Crippen LogP contribution in [0.2, 0.25) is 0 Å². The molecule has 2 rings (SSSR count). The highest BCUT2D eigenvalue weighted by Crippen LogP contribution is 2.34. The molecule has 0 heterocycles. The van der Waals surface area contributed by atoms with Gasteiger partial charge in [-0.2, -0.15) is 0 Å². The van der Waals surface area contributed by atoms with Gasteiger partial charge in [-0.15, -0.1) is 0 Å². The lowest BCUT2D eigenvalue weighted by atomic mass is 10.0. The van der Waals surface area contributed by atoms with Crippen LogP contribution in [0.5, 0.6) is 11.5 Å². The van der Waals surface area contributed by atoms with Crippen molar-refractivity contribution in [1.82, 2.24) is 0 Å². The Hall–Kier alpha value is -1.71. The molecule has 1 fully saturated rings. The summed E-state index contributed by atoms with van der Waals surface area (Å²) >= 11 is 0. The van der Waals surface area contributed by atoms with E-state index in [0.717, 1.165) is 18.6 Å². The molecular weight excluding hydrogens is 230 g/mol. The molecular formula is C14H19NO3. The van der Waals surface area contributed by atoms with Crippen LogP contribution in [0.25, 0.3) is 0 Å². The quantitative estimate of drug-likeness (QED) is 0.870. The van der Waals surface area contributed by atoms with Crippen molar-refractivity contribution in [3.05, 3.63) is 24.3 Å². The van der Waals surface area contributed by atoms with Crippen LogP contribution in [0.15, 0.2) is 24.3 Å². The minimum Gasteiger partial charge on any atom is -0.494 e. The Kier molecular flexibility index (Phi) is 3.75. The number of carbonyl (C=O) groups excluding carboxylic acids is 1. The lowest BCUT2D eigenvalue weighted by molar-refractivity contribution is -0.132. The second-order valence-corrected chi connectivity index (χ2v) is 4.57. The fourth-order valence-corrected chi connectivity index (χ4v) is 2.34. The highest BCUT2D eigenvalue weighted by atomic mass is 16.5. The van der Waals surface area contributed by atoms with Gasteiger partial charge in [-0.1, -0.05) is 0 Å². The molecule has 98 valence electrons. The summed E-state index contributed by atoms with van der Waals surface area (Å²) in [5.41, 5.74) is 4.66. The second-order valence-electron chi connectivity index (χ2n) is 4.57. The number of rotatable bonds is 5. The van der Waals surface area contributed by atoms with Gasteiger partial charge in [0.05, 0.1) is 6.61 Å². The van der Waals surface area contributed by atoms with Gasteiger partial charge in [-0.3, -0.25) is 4.79 Å². The van der Waals surface area contributed by atoms with Crippen molar-refractivity contribution in [3.63, 3.8) is 0 Å². The average molecular weight is 249 g/mol. The first-order chi connectivity index (χ1) is 8.66. The number of hydrogen-bond donors (Lipinski definition) is 1. The third-order valence-electron chi connectivity index (χ3n) is 3.31. The number of carbonyl (C=O) groups is 1. The van der Waals surface area contributed by atoms with Crippen LogP contribution >= 0.6 is 0 Å². The van der Waals surface area contributed by atoms with Crippen LogP contribution in [-0.2, 0) is 4.79 Å². The van der Waals surface area contributed by atoms with Gasteiger partial charge >= 0.3 is 0 Å². The van der Waals surface area contributed by atoms with Crippen LogP contribution in [0.1, 0.15) is 32.6 Å². The molecule has 0 atom stereocenters. The number of amides is 1. The Balaban J connectivity index is 2.10. The van der Waals surface area contributed by atoms with Crippen LogP contribution in [0.4, 0.5) is 0 Å². The first-order valence-corrected chi connectivity index (χ1v) is 6.38. The van der Waals surface area contributed by atoms with E-state index in [4.69, 9.17) is 15.2 Å². The summed E-state index contributed by atoms with van der Waals surface area (Å²) in [7, 11) is 0. The molecule has 1 aromatic rings. The van der Waals surface area contributed by atoms with E-state index in [2.05, 4.69) is 0 Å². The van der Waals surface area contributed by atoms with E-state index in [-0.39, 0.29) is 5.91 Å². The van der Waals surface area contributed by atoms with Gasteiger partial charge in [0.25, 0.3) is 5.91 Å². The molecule has 1 amide bonds. The van der Waals surface area contributed by atoms with Gasteiger partial charge < -0.3 is 15.2 Å². The molecule has 0 unspecified atom stereocenters. The van der Waals surface area contributed by atoms with E-state index >= 15 is 0 Å². The van der Waals surface area contributed by atoms with Gasteiger partial charge in [-0.05, 0) is 56.9 Å².